The van der Waals surface area contributed by atoms with Crippen molar-refractivity contribution in [2.75, 3.05) is 17.3 Å². The first-order valence-corrected chi connectivity index (χ1v) is 8.32. The van der Waals surface area contributed by atoms with E-state index in [1.54, 1.807) is 0 Å². The number of rotatable bonds is 6. The first-order chi connectivity index (χ1) is 8.53. The lowest BCUT2D eigenvalue weighted by atomic mass is 9.89. The Morgan fingerprint density at radius 3 is 1.56 bits per heavy atom. The summed E-state index contributed by atoms with van der Waals surface area (Å²) in [6, 6.07) is 8.06. The van der Waals surface area contributed by atoms with Crippen LogP contribution in [0.5, 0.6) is 0 Å². The van der Waals surface area contributed by atoms with Crippen LogP contribution in [-0.2, 0) is 0 Å². The van der Waals surface area contributed by atoms with Gasteiger partial charge in [0.1, 0.15) is 0 Å². The molecule has 0 fully saturated rings. The zero-order valence-corrected chi connectivity index (χ0v) is 14.0. The number of thiol groups is 3. The predicted molar refractivity (Wildman–Crippen MR) is 92.1 cm³/mol. The lowest BCUT2D eigenvalue weighted by Crippen LogP contribution is -2.05. The van der Waals surface area contributed by atoms with Crippen LogP contribution in [0.25, 0.3) is 0 Å². The normalized spacial score (nSPS) is 16.3. The predicted octanol–water partition coefficient (Wildman–Crippen LogP) is 4.59. The van der Waals surface area contributed by atoms with Gasteiger partial charge in [0.25, 0.3) is 0 Å². The van der Waals surface area contributed by atoms with Gasteiger partial charge in [0.15, 0.2) is 0 Å². The Hall–Kier alpha value is 0.270. The van der Waals surface area contributed by atoms with E-state index in [0.717, 1.165) is 17.3 Å². The van der Waals surface area contributed by atoms with Crippen LogP contribution in [0.3, 0.4) is 0 Å². The van der Waals surface area contributed by atoms with Gasteiger partial charge in [0.2, 0.25) is 0 Å². The molecule has 1 radical (unpaired) electrons. The quantitative estimate of drug-likeness (QED) is 0.629. The molecule has 1 aromatic rings. The molecule has 0 aromatic heterocycles. The Labute approximate surface area is 128 Å². The van der Waals surface area contributed by atoms with E-state index in [1.807, 2.05) is 0 Å². The van der Waals surface area contributed by atoms with Gasteiger partial charge in [-0.3, -0.25) is 0 Å². The monoisotopic (exact) mass is 299 g/mol. The molecular weight excluding hydrogens is 276 g/mol. The van der Waals surface area contributed by atoms with Crippen molar-refractivity contribution in [3.05, 3.63) is 34.9 Å². The highest BCUT2D eigenvalue weighted by molar-refractivity contribution is 7.80. The van der Waals surface area contributed by atoms with Gasteiger partial charge in [-0.25, -0.2) is 0 Å². The molecule has 0 N–H and O–H groups in total. The molecule has 0 saturated heterocycles. The van der Waals surface area contributed by atoms with Crippen LogP contribution >= 0.6 is 37.9 Å². The molecule has 0 aliphatic rings. The molecule has 0 aliphatic heterocycles. The summed E-state index contributed by atoms with van der Waals surface area (Å²) >= 11 is 13.2. The van der Waals surface area contributed by atoms with Gasteiger partial charge >= 0.3 is 0 Å². The van der Waals surface area contributed by atoms with E-state index in [-0.39, 0.29) is 0 Å². The molecule has 0 amide bonds. The molecule has 18 heavy (non-hydrogen) atoms. The highest BCUT2D eigenvalue weighted by Crippen LogP contribution is 2.28. The van der Waals surface area contributed by atoms with Crippen LogP contribution in [0, 0.1) is 6.07 Å². The maximum absolute atomic E-state index is 4.40. The van der Waals surface area contributed by atoms with Crippen molar-refractivity contribution >= 4 is 37.9 Å². The van der Waals surface area contributed by atoms with Crippen molar-refractivity contribution in [1.29, 1.82) is 0 Å². The Morgan fingerprint density at radius 1 is 0.833 bits per heavy atom. The third-order valence-electron chi connectivity index (χ3n) is 3.39. The van der Waals surface area contributed by atoms with Crippen molar-refractivity contribution in [1.82, 2.24) is 0 Å². The summed E-state index contributed by atoms with van der Waals surface area (Å²) in [6.45, 7) is 6.61. The van der Waals surface area contributed by atoms with Crippen LogP contribution in [-0.4, -0.2) is 17.3 Å². The Morgan fingerprint density at radius 2 is 1.22 bits per heavy atom. The van der Waals surface area contributed by atoms with Gasteiger partial charge in [0, 0.05) is 0 Å². The molecule has 0 nitrogen and oxygen atoms in total. The van der Waals surface area contributed by atoms with E-state index in [0.29, 0.717) is 17.8 Å². The second-order valence-corrected chi connectivity index (χ2v) is 6.17. The van der Waals surface area contributed by atoms with Crippen molar-refractivity contribution in [2.24, 2.45) is 0 Å². The fraction of sp³-hybridized carbons (Fsp3) is 0.600. The van der Waals surface area contributed by atoms with Crippen LogP contribution in [0.4, 0.5) is 0 Å². The first-order valence-electron chi connectivity index (χ1n) is 6.43. The van der Waals surface area contributed by atoms with Crippen LogP contribution < -0.4 is 0 Å². The van der Waals surface area contributed by atoms with Gasteiger partial charge in [-0.1, -0.05) is 32.9 Å². The standard InChI is InChI=1S/C15H23S3/c1-10(7-16)13-4-14(11(2)8-17)6-15(5-13)12(3)9-18/h4-5,10-12,16-18H,7-9H2,1-3H3. The Balaban J connectivity index is 3.19. The smallest absolute Gasteiger partial charge is 0.00313 e. The van der Waals surface area contributed by atoms with E-state index in [4.69, 9.17) is 0 Å². The molecular formula is C15H23S3. The van der Waals surface area contributed by atoms with Gasteiger partial charge in [-0.15, -0.1) is 0 Å². The average Bonchev–Trinajstić information content (AvgIpc) is 2.43. The van der Waals surface area contributed by atoms with E-state index < -0.39 is 0 Å². The van der Waals surface area contributed by atoms with Crippen LogP contribution in [0.2, 0.25) is 0 Å². The van der Waals surface area contributed by atoms with Crippen LogP contribution in [0.15, 0.2) is 12.1 Å². The summed E-state index contributed by atoms with van der Waals surface area (Å²) in [5, 5.41) is 0. The third-order valence-corrected chi connectivity index (χ3v) is 5.03. The van der Waals surface area contributed by atoms with Crippen molar-refractivity contribution in [3.63, 3.8) is 0 Å². The van der Waals surface area contributed by atoms with Gasteiger partial charge in [-0.2, -0.15) is 37.9 Å². The molecule has 3 heteroatoms. The maximum atomic E-state index is 4.40. The van der Waals surface area contributed by atoms with Gasteiger partial charge in [0.05, 0.1) is 0 Å². The highest BCUT2D eigenvalue weighted by atomic mass is 32.1. The molecule has 0 bridgehead atoms. The maximum Gasteiger partial charge on any atom is -0.00313 e. The summed E-state index contributed by atoms with van der Waals surface area (Å²) in [7, 11) is 0. The molecule has 101 valence electrons. The van der Waals surface area contributed by atoms with Crippen molar-refractivity contribution < 1.29 is 0 Å². The zero-order chi connectivity index (χ0) is 13.7. The second kappa shape index (κ2) is 7.76. The fourth-order valence-corrected chi connectivity index (χ4v) is 2.36. The molecule has 1 rings (SSSR count). The molecule has 0 aliphatic carbocycles. The minimum Gasteiger partial charge on any atom is -0.179 e. The minimum absolute atomic E-state index is 0.436. The number of hydrogen-bond acceptors (Lipinski definition) is 3. The van der Waals surface area contributed by atoms with Gasteiger partial charge < -0.3 is 0 Å². The molecule has 0 spiro atoms. The van der Waals surface area contributed by atoms with Crippen LogP contribution in [0.1, 0.15) is 55.2 Å². The number of benzene rings is 1. The van der Waals surface area contributed by atoms with E-state index in [1.165, 1.54) is 16.7 Å². The van der Waals surface area contributed by atoms with Crippen molar-refractivity contribution in [3.8, 4) is 0 Å². The lowest BCUT2D eigenvalue weighted by molar-refractivity contribution is 0.817. The first kappa shape index (κ1) is 16.3. The van der Waals surface area contributed by atoms with E-state index >= 15 is 0 Å². The highest BCUT2D eigenvalue weighted by Gasteiger charge is 2.13. The third kappa shape index (κ3) is 4.14. The lowest BCUT2D eigenvalue weighted by Gasteiger charge is -2.18. The minimum atomic E-state index is 0.436. The fourth-order valence-electron chi connectivity index (χ4n) is 1.76. The molecule has 0 heterocycles. The zero-order valence-electron chi connectivity index (χ0n) is 11.3. The summed E-state index contributed by atoms with van der Waals surface area (Å²) in [4.78, 5) is 0. The molecule has 3 atom stereocenters. The Bertz CT molecular complexity index is 307. The van der Waals surface area contributed by atoms with Gasteiger partial charge in [-0.05, 0) is 57.8 Å². The Kier molecular flexibility index (Phi) is 7.04. The average molecular weight is 300 g/mol. The number of hydrogen-bond donors (Lipinski definition) is 3. The SMILES string of the molecule is CC(CS)c1[c]c(C(C)CS)cc(C(C)CS)c1. The largest absolute Gasteiger partial charge is 0.179 e. The van der Waals surface area contributed by atoms with Crippen molar-refractivity contribution in [2.45, 2.75) is 38.5 Å². The second-order valence-electron chi connectivity index (χ2n) is 5.08. The summed E-state index contributed by atoms with van der Waals surface area (Å²) < 4.78 is 0. The van der Waals surface area contributed by atoms with E-state index in [9.17, 15) is 0 Å². The topological polar surface area (TPSA) is 0 Å². The summed E-state index contributed by atoms with van der Waals surface area (Å²) in [5.41, 5.74) is 3.88. The molecule has 1 aromatic carbocycles. The molecule has 0 saturated carbocycles. The summed E-state index contributed by atoms with van der Waals surface area (Å²) in [5.74, 6) is 3.92. The van der Waals surface area contributed by atoms with E-state index in [2.05, 4.69) is 76.9 Å². The molecule has 3 unspecified atom stereocenters. The summed E-state index contributed by atoms with van der Waals surface area (Å²) in [6.07, 6.45) is 0.